The van der Waals surface area contributed by atoms with Crippen molar-refractivity contribution in [2.24, 2.45) is 5.92 Å². The van der Waals surface area contributed by atoms with Gasteiger partial charge in [0.1, 0.15) is 0 Å². The summed E-state index contributed by atoms with van der Waals surface area (Å²) in [6, 6.07) is 11.0. The summed E-state index contributed by atoms with van der Waals surface area (Å²) < 4.78 is 5.15. The van der Waals surface area contributed by atoms with Gasteiger partial charge in [0.15, 0.2) is 0 Å². The molecule has 1 saturated heterocycles. The molecule has 2 aliphatic heterocycles. The molecule has 4 rings (SSSR count). The number of fused-ring (bicyclic) bond motifs is 1. The van der Waals surface area contributed by atoms with Crippen LogP contribution < -0.4 is 0 Å². The number of carbonyl (C=O) groups excluding carboxylic acids is 3. The molecule has 0 saturated carbocycles. The molecule has 2 aliphatic rings. The van der Waals surface area contributed by atoms with E-state index in [1.54, 1.807) is 36.3 Å². The summed E-state index contributed by atoms with van der Waals surface area (Å²) >= 11 is 1.56. The summed E-state index contributed by atoms with van der Waals surface area (Å²) in [5.41, 5.74) is 1.38. The SMILES string of the molecule is CCOC(=O)C1CCN(C(=O)C2c3ccccc3C(=O)N(C)C2c2cccs2)CC1. The van der Waals surface area contributed by atoms with E-state index >= 15 is 0 Å². The molecule has 0 N–H and O–H groups in total. The smallest absolute Gasteiger partial charge is 0.309 e. The number of rotatable bonds is 4. The molecule has 2 atom stereocenters. The normalized spacial score (nSPS) is 22.0. The fraction of sp³-hybridized carbons (Fsp3) is 0.435. The van der Waals surface area contributed by atoms with Crippen LogP contribution in [0.5, 0.6) is 0 Å². The third-order valence-corrected chi connectivity index (χ3v) is 7.05. The van der Waals surface area contributed by atoms with Gasteiger partial charge in [-0.25, -0.2) is 0 Å². The highest BCUT2D eigenvalue weighted by Crippen LogP contribution is 2.44. The highest BCUT2D eigenvalue weighted by molar-refractivity contribution is 7.10. The van der Waals surface area contributed by atoms with Crippen molar-refractivity contribution in [2.75, 3.05) is 26.7 Å². The Balaban J connectivity index is 1.63. The van der Waals surface area contributed by atoms with Crippen LogP contribution in [0.25, 0.3) is 0 Å². The first-order valence-electron chi connectivity index (χ1n) is 10.4. The van der Waals surface area contributed by atoms with E-state index in [0.717, 1.165) is 10.4 Å². The molecule has 1 fully saturated rings. The lowest BCUT2D eigenvalue weighted by Gasteiger charge is -2.42. The molecule has 1 aromatic heterocycles. The lowest BCUT2D eigenvalue weighted by molar-refractivity contribution is -0.151. The molecule has 158 valence electrons. The third kappa shape index (κ3) is 3.62. The van der Waals surface area contributed by atoms with Gasteiger partial charge in [0.05, 0.1) is 24.5 Å². The Labute approximate surface area is 180 Å². The highest BCUT2D eigenvalue weighted by atomic mass is 32.1. The highest BCUT2D eigenvalue weighted by Gasteiger charge is 2.45. The Morgan fingerprint density at radius 3 is 2.53 bits per heavy atom. The lowest BCUT2D eigenvalue weighted by Crippen LogP contribution is -2.49. The minimum absolute atomic E-state index is 0.0162. The quantitative estimate of drug-likeness (QED) is 0.703. The van der Waals surface area contributed by atoms with Crippen LogP contribution >= 0.6 is 11.3 Å². The summed E-state index contributed by atoms with van der Waals surface area (Å²) in [4.78, 5) is 43.4. The Morgan fingerprint density at radius 2 is 1.87 bits per heavy atom. The molecular weight excluding hydrogens is 400 g/mol. The van der Waals surface area contributed by atoms with Crippen molar-refractivity contribution in [3.05, 3.63) is 57.8 Å². The number of esters is 1. The zero-order valence-corrected chi connectivity index (χ0v) is 18.1. The molecule has 2 amide bonds. The van der Waals surface area contributed by atoms with Crippen molar-refractivity contribution in [3.63, 3.8) is 0 Å². The zero-order chi connectivity index (χ0) is 21.3. The van der Waals surface area contributed by atoms with Gasteiger partial charge in [-0.05, 0) is 42.8 Å². The average Bonchev–Trinajstić information content (AvgIpc) is 3.30. The van der Waals surface area contributed by atoms with Crippen molar-refractivity contribution in [1.82, 2.24) is 9.80 Å². The molecular formula is C23H26N2O4S. The van der Waals surface area contributed by atoms with Gasteiger partial charge in [0.2, 0.25) is 5.91 Å². The molecule has 0 aliphatic carbocycles. The monoisotopic (exact) mass is 426 g/mol. The van der Waals surface area contributed by atoms with Crippen molar-refractivity contribution in [1.29, 1.82) is 0 Å². The Hall–Kier alpha value is -2.67. The number of likely N-dealkylation sites (N-methyl/N-ethyl adjacent to an activating group) is 1. The van der Waals surface area contributed by atoms with E-state index in [9.17, 15) is 14.4 Å². The predicted octanol–water partition coefficient (Wildman–Crippen LogP) is 3.46. The Morgan fingerprint density at radius 1 is 1.13 bits per heavy atom. The van der Waals surface area contributed by atoms with Crippen molar-refractivity contribution in [2.45, 2.75) is 31.7 Å². The number of thiophene rings is 1. The molecule has 2 unspecified atom stereocenters. The summed E-state index contributed by atoms with van der Waals surface area (Å²) in [6.07, 6.45) is 1.22. The maximum Gasteiger partial charge on any atom is 0.309 e. The van der Waals surface area contributed by atoms with E-state index in [1.807, 2.05) is 40.6 Å². The van der Waals surface area contributed by atoms with Gasteiger partial charge in [-0.3, -0.25) is 14.4 Å². The number of nitrogens with zero attached hydrogens (tertiary/aromatic N) is 2. The predicted molar refractivity (Wildman–Crippen MR) is 114 cm³/mol. The number of hydrogen-bond donors (Lipinski definition) is 0. The van der Waals surface area contributed by atoms with Gasteiger partial charge >= 0.3 is 5.97 Å². The largest absolute Gasteiger partial charge is 0.466 e. The molecule has 0 spiro atoms. The van der Waals surface area contributed by atoms with E-state index in [4.69, 9.17) is 4.74 Å². The van der Waals surface area contributed by atoms with Gasteiger partial charge in [-0.2, -0.15) is 0 Å². The number of carbonyl (C=O) groups is 3. The molecule has 7 heteroatoms. The Bertz CT molecular complexity index is 934. The van der Waals surface area contributed by atoms with Crippen molar-refractivity contribution >= 4 is 29.1 Å². The minimum Gasteiger partial charge on any atom is -0.466 e. The second-order valence-electron chi connectivity index (χ2n) is 7.79. The molecule has 6 nitrogen and oxygen atoms in total. The van der Waals surface area contributed by atoms with Crippen LogP contribution in [0.15, 0.2) is 41.8 Å². The summed E-state index contributed by atoms with van der Waals surface area (Å²) in [6.45, 7) is 3.23. The van der Waals surface area contributed by atoms with Crippen LogP contribution in [-0.4, -0.2) is 54.3 Å². The first-order valence-corrected chi connectivity index (χ1v) is 11.3. The van der Waals surface area contributed by atoms with Gasteiger partial charge in [0, 0.05) is 30.6 Å². The van der Waals surface area contributed by atoms with Gasteiger partial charge in [-0.15, -0.1) is 11.3 Å². The number of amides is 2. The topological polar surface area (TPSA) is 66.9 Å². The summed E-state index contributed by atoms with van der Waals surface area (Å²) in [5, 5.41) is 1.97. The lowest BCUT2D eigenvalue weighted by atomic mass is 9.81. The number of piperidine rings is 1. The van der Waals surface area contributed by atoms with Crippen LogP contribution in [0.2, 0.25) is 0 Å². The number of likely N-dealkylation sites (tertiary alicyclic amines) is 1. The standard InChI is InChI=1S/C23H26N2O4S/c1-3-29-23(28)15-10-12-25(13-11-15)22(27)19-16-7-4-5-8-17(16)21(26)24(2)20(19)18-9-6-14-30-18/h4-9,14-15,19-20H,3,10-13H2,1-2H3. The number of ether oxygens (including phenoxy) is 1. The van der Waals surface area contributed by atoms with Crippen LogP contribution in [0.1, 0.15) is 52.5 Å². The maximum atomic E-state index is 13.8. The van der Waals surface area contributed by atoms with E-state index in [0.29, 0.717) is 38.1 Å². The average molecular weight is 427 g/mol. The first kappa shape index (κ1) is 20.6. The number of hydrogen-bond acceptors (Lipinski definition) is 5. The first-order chi connectivity index (χ1) is 14.5. The Kier molecular flexibility index (Phi) is 5.90. The second-order valence-corrected chi connectivity index (χ2v) is 8.77. The van der Waals surface area contributed by atoms with Crippen molar-refractivity contribution in [3.8, 4) is 0 Å². The second kappa shape index (κ2) is 8.60. The van der Waals surface area contributed by atoms with Crippen LogP contribution in [0.3, 0.4) is 0 Å². The van der Waals surface area contributed by atoms with Crippen LogP contribution in [-0.2, 0) is 14.3 Å². The fourth-order valence-corrected chi connectivity index (χ4v) is 5.45. The van der Waals surface area contributed by atoms with Crippen molar-refractivity contribution < 1.29 is 19.1 Å². The molecule has 0 radical (unpaired) electrons. The summed E-state index contributed by atoms with van der Waals surface area (Å²) in [5.74, 6) is -0.822. The minimum atomic E-state index is -0.457. The van der Waals surface area contributed by atoms with Crippen LogP contribution in [0, 0.1) is 5.92 Å². The van der Waals surface area contributed by atoms with E-state index in [2.05, 4.69) is 0 Å². The van der Waals surface area contributed by atoms with Gasteiger partial charge < -0.3 is 14.5 Å². The van der Waals surface area contributed by atoms with E-state index in [-0.39, 0.29) is 29.7 Å². The maximum absolute atomic E-state index is 13.8. The van der Waals surface area contributed by atoms with Crippen LogP contribution in [0.4, 0.5) is 0 Å². The molecule has 2 aromatic rings. The number of benzene rings is 1. The third-order valence-electron chi connectivity index (χ3n) is 6.11. The zero-order valence-electron chi connectivity index (χ0n) is 17.2. The fourth-order valence-electron chi connectivity index (χ4n) is 4.55. The molecule has 3 heterocycles. The van der Waals surface area contributed by atoms with Gasteiger partial charge in [-0.1, -0.05) is 24.3 Å². The molecule has 30 heavy (non-hydrogen) atoms. The van der Waals surface area contributed by atoms with Gasteiger partial charge in [0.25, 0.3) is 5.91 Å². The molecule has 0 bridgehead atoms. The van der Waals surface area contributed by atoms with E-state index in [1.165, 1.54) is 0 Å². The molecule has 1 aromatic carbocycles. The summed E-state index contributed by atoms with van der Waals surface area (Å²) in [7, 11) is 1.77. The van der Waals surface area contributed by atoms with E-state index < -0.39 is 5.92 Å².